The van der Waals surface area contributed by atoms with Crippen LogP contribution in [-0.2, 0) is 6.42 Å². The predicted octanol–water partition coefficient (Wildman–Crippen LogP) is 4.16. The zero-order chi connectivity index (χ0) is 16.6. The fraction of sp³-hybridized carbons (Fsp3) is 0.188. The Morgan fingerprint density at radius 1 is 1.26 bits per heavy atom. The van der Waals surface area contributed by atoms with Gasteiger partial charge in [-0.3, -0.25) is 9.78 Å². The Kier molecular flexibility index (Phi) is 4.24. The smallest absolute Gasteiger partial charge is 0.257 e. The molecule has 118 valence electrons. The molecule has 3 aromatic heterocycles. The number of nitrogens with one attached hydrogen (secondary N) is 1. The van der Waals surface area contributed by atoms with Gasteiger partial charge < -0.3 is 5.32 Å². The largest absolute Gasteiger partial charge is 0.319 e. The van der Waals surface area contributed by atoms with Crippen molar-refractivity contribution in [3.05, 3.63) is 57.6 Å². The van der Waals surface area contributed by atoms with Crippen LogP contribution >= 0.6 is 23.2 Å². The van der Waals surface area contributed by atoms with Gasteiger partial charge in [0.2, 0.25) is 0 Å². The molecule has 0 saturated heterocycles. The van der Waals surface area contributed by atoms with Gasteiger partial charge >= 0.3 is 0 Å². The lowest BCUT2D eigenvalue weighted by atomic mass is 10.1. The van der Waals surface area contributed by atoms with Gasteiger partial charge in [0.05, 0.1) is 32.5 Å². The van der Waals surface area contributed by atoms with Gasteiger partial charge in [0.25, 0.3) is 5.91 Å². The molecule has 0 bridgehead atoms. The van der Waals surface area contributed by atoms with Gasteiger partial charge in [-0.2, -0.15) is 5.10 Å². The van der Waals surface area contributed by atoms with Gasteiger partial charge in [-0.15, -0.1) is 0 Å². The number of hydrogen-bond acceptors (Lipinski definition) is 3. The van der Waals surface area contributed by atoms with Crippen LogP contribution in [0.2, 0.25) is 10.0 Å². The van der Waals surface area contributed by atoms with Crippen LogP contribution in [0.15, 0.2) is 30.6 Å². The Morgan fingerprint density at radius 3 is 2.61 bits per heavy atom. The van der Waals surface area contributed by atoms with E-state index in [0.717, 1.165) is 23.3 Å². The quantitative estimate of drug-likeness (QED) is 0.772. The van der Waals surface area contributed by atoms with E-state index in [9.17, 15) is 4.79 Å². The lowest BCUT2D eigenvalue weighted by Crippen LogP contribution is -2.14. The number of nitrogens with zero attached hydrogens (tertiary/aromatic N) is 3. The SMILES string of the molecule is CCc1cc2c(C(=O)Nc3c(Cl)cncc3Cl)ccc(C)n2n1. The van der Waals surface area contributed by atoms with Crippen LogP contribution in [-0.4, -0.2) is 20.5 Å². The summed E-state index contributed by atoms with van der Waals surface area (Å²) in [6.45, 7) is 3.96. The summed E-state index contributed by atoms with van der Waals surface area (Å²) in [6, 6.07) is 5.53. The van der Waals surface area contributed by atoms with Crippen molar-refractivity contribution >= 4 is 40.3 Å². The van der Waals surface area contributed by atoms with E-state index < -0.39 is 0 Å². The molecule has 0 atom stereocenters. The molecule has 0 radical (unpaired) electrons. The summed E-state index contributed by atoms with van der Waals surface area (Å²) in [5, 5.41) is 7.82. The molecule has 0 aliphatic heterocycles. The third-order valence-corrected chi connectivity index (χ3v) is 4.13. The monoisotopic (exact) mass is 348 g/mol. The highest BCUT2D eigenvalue weighted by atomic mass is 35.5. The van der Waals surface area contributed by atoms with E-state index in [0.29, 0.717) is 11.3 Å². The zero-order valence-electron chi connectivity index (χ0n) is 12.6. The van der Waals surface area contributed by atoms with Crippen LogP contribution in [0.3, 0.4) is 0 Å². The van der Waals surface area contributed by atoms with Gasteiger partial charge in [0.15, 0.2) is 0 Å². The maximum atomic E-state index is 12.7. The van der Waals surface area contributed by atoms with Crippen molar-refractivity contribution in [2.45, 2.75) is 20.3 Å². The van der Waals surface area contributed by atoms with E-state index in [4.69, 9.17) is 23.2 Å². The third-order valence-electron chi connectivity index (χ3n) is 3.56. The summed E-state index contributed by atoms with van der Waals surface area (Å²) >= 11 is 12.1. The van der Waals surface area contributed by atoms with Crippen molar-refractivity contribution in [3.8, 4) is 0 Å². The van der Waals surface area contributed by atoms with E-state index in [1.54, 1.807) is 10.6 Å². The molecule has 0 aliphatic carbocycles. The highest BCUT2D eigenvalue weighted by Gasteiger charge is 2.16. The number of carbonyl (C=O) groups is 1. The first-order chi connectivity index (χ1) is 11.0. The zero-order valence-corrected chi connectivity index (χ0v) is 14.1. The van der Waals surface area contributed by atoms with Crippen LogP contribution in [0.25, 0.3) is 5.52 Å². The predicted molar refractivity (Wildman–Crippen MR) is 91.5 cm³/mol. The molecule has 3 aromatic rings. The maximum absolute atomic E-state index is 12.7. The van der Waals surface area contributed by atoms with Crippen LogP contribution in [0.1, 0.15) is 28.7 Å². The van der Waals surface area contributed by atoms with Crippen LogP contribution in [0.5, 0.6) is 0 Å². The number of amides is 1. The first-order valence-electron chi connectivity index (χ1n) is 7.10. The van der Waals surface area contributed by atoms with Crippen molar-refractivity contribution in [1.82, 2.24) is 14.6 Å². The third kappa shape index (κ3) is 2.90. The molecule has 1 amide bonds. The van der Waals surface area contributed by atoms with Gasteiger partial charge in [0, 0.05) is 18.1 Å². The summed E-state index contributed by atoms with van der Waals surface area (Å²) in [5.41, 5.74) is 3.49. The maximum Gasteiger partial charge on any atom is 0.257 e. The van der Waals surface area contributed by atoms with Gasteiger partial charge in [-0.05, 0) is 31.5 Å². The highest BCUT2D eigenvalue weighted by molar-refractivity contribution is 6.39. The lowest BCUT2D eigenvalue weighted by molar-refractivity contribution is 0.102. The molecular weight excluding hydrogens is 335 g/mol. The first-order valence-corrected chi connectivity index (χ1v) is 7.85. The Balaban J connectivity index is 2.05. The second-order valence-corrected chi connectivity index (χ2v) is 5.92. The summed E-state index contributed by atoms with van der Waals surface area (Å²) < 4.78 is 1.77. The van der Waals surface area contributed by atoms with E-state index in [-0.39, 0.29) is 16.0 Å². The Labute approximate surface area is 143 Å². The standard InChI is InChI=1S/C16H14Cl2N4O/c1-3-10-6-14-11(5-4-9(2)22(14)21-10)16(23)20-15-12(17)7-19-8-13(15)18/h4-8H,3H2,1-2H3,(H,19,20,23). The van der Waals surface area contributed by atoms with Crippen LogP contribution in [0.4, 0.5) is 5.69 Å². The van der Waals surface area contributed by atoms with Crippen molar-refractivity contribution in [2.75, 3.05) is 5.32 Å². The Hall–Kier alpha value is -2.11. The van der Waals surface area contributed by atoms with Gasteiger partial charge in [0.1, 0.15) is 0 Å². The van der Waals surface area contributed by atoms with Crippen molar-refractivity contribution < 1.29 is 4.79 Å². The molecule has 3 rings (SSSR count). The van der Waals surface area contributed by atoms with Crippen LogP contribution in [0, 0.1) is 6.92 Å². The number of carbonyl (C=O) groups excluding carboxylic acids is 1. The number of halogens is 2. The number of fused-ring (bicyclic) bond motifs is 1. The average Bonchev–Trinajstić information content (AvgIpc) is 2.96. The fourth-order valence-corrected chi connectivity index (χ4v) is 2.79. The minimum atomic E-state index is -0.299. The topological polar surface area (TPSA) is 59.3 Å². The molecule has 0 saturated carbocycles. The summed E-state index contributed by atoms with van der Waals surface area (Å²) in [6.07, 6.45) is 3.66. The molecule has 1 N–H and O–H groups in total. The van der Waals surface area contributed by atoms with Crippen molar-refractivity contribution in [2.24, 2.45) is 0 Å². The molecule has 5 nitrogen and oxygen atoms in total. The summed E-state index contributed by atoms with van der Waals surface area (Å²) in [4.78, 5) is 16.5. The molecule has 0 aliphatic rings. The van der Waals surface area contributed by atoms with E-state index >= 15 is 0 Å². The molecule has 23 heavy (non-hydrogen) atoms. The van der Waals surface area contributed by atoms with E-state index in [1.807, 2.05) is 26.0 Å². The summed E-state index contributed by atoms with van der Waals surface area (Å²) in [7, 11) is 0. The van der Waals surface area contributed by atoms with Crippen molar-refractivity contribution in [3.63, 3.8) is 0 Å². The van der Waals surface area contributed by atoms with Crippen molar-refractivity contribution in [1.29, 1.82) is 0 Å². The molecule has 0 aromatic carbocycles. The molecule has 0 spiro atoms. The first kappa shape index (κ1) is 15.8. The second kappa shape index (κ2) is 6.18. The molecule has 3 heterocycles. The van der Waals surface area contributed by atoms with Crippen LogP contribution < -0.4 is 5.32 Å². The van der Waals surface area contributed by atoms with E-state index in [2.05, 4.69) is 15.4 Å². The van der Waals surface area contributed by atoms with Gasteiger partial charge in [-0.25, -0.2) is 4.52 Å². The molecule has 0 unspecified atom stereocenters. The molecule has 0 fully saturated rings. The van der Waals surface area contributed by atoms with Gasteiger partial charge in [-0.1, -0.05) is 30.1 Å². The number of pyridine rings is 2. The molecular formula is C16H14Cl2N4O. The summed E-state index contributed by atoms with van der Waals surface area (Å²) in [5.74, 6) is -0.299. The number of aromatic nitrogens is 3. The average molecular weight is 349 g/mol. The molecule has 7 heteroatoms. The minimum Gasteiger partial charge on any atom is -0.319 e. The normalized spacial score (nSPS) is 11.0. The number of anilines is 1. The Morgan fingerprint density at radius 2 is 1.96 bits per heavy atom. The Bertz CT molecular complexity index is 884. The number of hydrogen-bond donors (Lipinski definition) is 1. The lowest BCUT2D eigenvalue weighted by Gasteiger charge is -2.10. The highest BCUT2D eigenvalue weighted by Crippen LogP contribution is 2.29. The van der Waals surface area contributed by atoms with E-state index in [1.165, 1.54) is 12.4 Å². The number of aryl methyl sites for hydroxylation is 2. The second-order valence-electron chi connectivity index (χ2n) is 5.11. The fourth-order valence-electron chi connectivity index (χ4n) is 2.33. The minimum absolute atomic E-state index is 0.289. The number of rotatable bonds is 3.